The zero-order valence-corrected chi connectivity index (χ0v) is 14.6. The summed E-state index contributed by atoms with van der Waals surface area (Å²) in [6.45, 7) is 8.25. The van der Waals surface area contributed by atoms with E-state index in [9.17, 15) is 5.11 Å². The van der Waals surface area contributed by atoms with E-state index in [1.165, 1.54) is 16.8 Å². The molecule has 1 aliphatic rings. The van der Waals surface area contributed by atoms with Crippen molar-refractivity contribution >= 4 is 5.65 Å². The monoisotopic (exact) mass is 336 g/mol. The van der Waals surface area contributed by atoms with Crippen LogP contribution in [0.5, 0.6) is 5.75 Å². The highest BCUT2D eigenvalue weighted by atomic mass is 16.3. The molecular formula is C20H24N4O. The molecule has 1 aromatic carbocycles. The summed E-state index contributed by atoms with van der Waals surface area (Å²) in [6, 6.07) is 11.8. The molecule has 130 valence electrons. The summed E-state index contributed by atoms with van der Waals surface area (Å²) in [6.07, 6.45) is 4.12. The number of nitrogens with zero attached hydrogens (tertiary/aromatic N) is 4. The molecule has 4 rings (SSSR count). The molecule has 3 aromatic rings. The summed E-state index contributed by atoms with van der Waals surface area (Å²) in [7, 11) is 0. The second-order valence-electron chi connectivity index (χ2n) is 6.90. The van der Waals surface area contributed by atoms with Crippen molar-refractivity contribution in [2.75, 3.05) is 26.2 Å². The highest BCUT2D eigenvalue weighted by molar-refractivity contribution is 5.42. The van der Waals surface area contributed by atoms with Gasteiger partial charge in [-0.05, 0) is 42.3 Å². The van der Waals surface area contributed by atoms with Crippen LogP contribution in [0.4, 0.5) is 0 Å². The van der Waals surface area contributed by atoms with Gasteiger partial charge in [0.15, 0.2) is 0 Å². The Balaban J connectivity index is 1.34. The van der Waals surface area contributed by atoms with E-state index in [-0.39, 0.29) is 0 Å². The number of aromatic nitrogens is 2. The van der Waals surface area contributed by atoms with Crippen LogP contribution in [0.25, 0.3) is 5.65 Å². The Hall–Kier alpha value is -2.37. The number of piperazine rings is 1. The number of hydrogen-bond donors (Lipinski definition) is 1. The van der Waals surface area contributed by atoms with Gasteiger partial charge in [0.1, 0.15) is 11.4 Å². The van der Waals surface area contributed by atoms with Crippen molar-refractivity contribution in [3.05, 3.63) is 65.6 Å². The number of hydrogen-bond acceptors (Lipinski definition) is 4. The molecule has 0 atom stereocenters. The topological polar surface area (TPSA) is 44.0 Å². The summed E-state index contributed by atoms with van der Waals surface area (Å²) in [5, 5.41) is 9.38. The quantitative estimate of drug-likeness (QED) is 0.795. The van der Waals surface area contributed by atoms with Crippen LogP contribution in [0.15, 0.2) is 48.8 Å². The third-order valence-corrected chi connectivity index (χ3v) is 4.94. The number of imidazole rings is 1. The van der Waals surface area contributed by atoms with E-state index in [2.05, 4.69) is 44.4 Å². The highest BCUT2D eigenvalue weighted by Crippen LogP contribution is 2.15. The molecule has 0 saturated carbocycles. The van der Waals surface area contributed by atoms with Gasteiger partial charge in [-0.3, -0.25) is 9.80 Å². The van der Waals surface area contributed by atoms with Crippen LogP contribution in [0.2, 0.25) is 0 Å². The molecular weight excluding hydrogens is 312 g/mol. The van der Waals surface area contributed by atoms with E-state index in [1.54, 1.807) is 12.1 Å². The molecule has 1 saturated heterocycles. The van der Waals surface area contributed by atoms with Crippen molar-refractivity contribution in [1.82, 2.24) is 19.2 Å². The molecule has 25 heavy (non-hydrogen) atoms. The second-order valence-corrected chi connectivity index (χ2v) is 6.90. The molecule has 0 spiro atoms. The van der Waals surface area contributed by atoms with Crippen molar-refractivity contribution < 1.29 is 5.11 Å². The minimum atomic E-state index is 0.330. The van der Waals surface area contributed by atoms with Gasteiger partial charge in [0, 0.05) is 45.5 Å². The van der Waals surface area contributed by atoms with Crippen LogP contribution in [0, 0.1) is 6.92 Å². The van der Waals surface area contributed by atoms with Crippen molar-refractivity contribution in [1.29, 1.82) is 0 Å². The van der Waals surface area contributed by atoms with Gasteiger partial charge in [-0.25, -0.2) is 4.98 Å². The molecule has 0 bridgehead atoms. The number of aromatic hydroxyl groups is 1. The maximum absolute atomic E-state index is 9.38. The van der Waals surface area contributed by atoms with Crippen LogP contribution in [-0.4, -0.2) is 50.5 Å². The lowest BCUT2D eigenvalue weighted by Gasteiger charge is -2.34. The van der Waals surface area contributed by atoms with Gasteiger partial charge in [0.2, 0.25) is 0 Å². The summed E-state index contributed by atoms with van der Waals surface area (Å²) in [5.41, 5.74) is 4.78. The Labute approximate surface area is 148 Å². The first-order valence-corrected chi connectivity index (χ1v) is 8.82. The predicted octanol–water partition coefficient (Wildman–Crippen LogP) is 2.67. The fourth-order valence-corrected chi connectivity index (χ4v) is 3.45. The number of benzene rings is 1. The zero-order chi connectivity index (χ0) is 17.2. The first-order valence-electron chi connectivity index (χ1n) is 8.82. The zero-order valence-electron chi connectivity index (χ0n) is 14.6. The largest absolute Gasteiger partial charge is 0.508 e. The lowest BCUT2D eigenvalue weighted by Crippen LogP contribution is -2.45. The average Bonchev–Trinajstić information content (AvgIpc) is 3.00. The lowest BCUT2D eigenvalue weighted by atomic mass is 10.2. The molecule has 0 radical (unpaired) electrons. The fraction of sp³-hybridized carbons (Fsp3) is 0.350. The van der Waals surface area contributed by atoms with E-state index >= 15 is 0 Å². The maximum Gasteiger partial charge on any atom is 0.137 e. The van der Waals surface area contributed by atoms with Crippen molar-refractivity contribution in [2.45, 2.75) is 20.0 Å². The first-order chi connectivity index (χ1) is 12.2. The Morgan fingerprint density at radius 1 is 0.960 bits per heavy atom. The highest BCUT2D eigenvalue weighted by Gasteiger charge is 2.18. The normalized spacial score (nSPS) is 16.5. The molecule has 0 unspecified atom stereocenters. The van der Waals surface area contributed by atoms with Crippen molar-refractivity contribution in [3.8, 4) is 5.75 Å². The number of aryl methyl sites for hydroxylation is 1. The van der Waals surface area contributed by atoms with E-state index in [0.717, 1.165) is 44.9 Å². The van der Waals surface area contributed by atoms with Crippen LogP contribution in [0.1, 0.15) is 16.8 Å². The van der Waals surface area contributed by atoms with Crippen LogP contribution < -0.4 is 0 Å². The first kappa shape index (κ1) is 16.1. The Morgan fingerprint density at radius 3 is 2.36 bits per heavy atom. The van der Waals surface area contributed by atoms with Gasteiger partial charge in [-0.2, -0.15) is 0 Å². The third-order valence-electron chi connectivity index (χ3n) is 4.94. The Kier molecular flexibility index (Phi) is 4.42. The maximum atomic E-state index is 9.38. The lowest BCUT2D eigenvalue weighted by molar-refractivity contribution is 0.121. The summed E-state index contributed by atoms with van der Waals surface area (Å²) in [4.78, 5) is 9.50. The second kappa shape index (κ2) is 6.86. The molecule has 1 aliphatic heterocycles. The van der Waals surface area contributed by atoms with Gasteiger partial charge in [-0.15, -0.1) is 0 Å². The smallest absolute Gasteiger partial charge is 0.137 e. The van der Waals surface area contributed by atoms with E-state index < -0.39 is 0 Å². The minimum Gasteiger partial charge on any atom is -0.508 e. The van der Waals surface area contributed by atoms with Gasteiger partial charge in [0.25, 0.3) is 0 Å². The number of phenols is 1. The Bertz CT molecular complexity index is 848. The van der Waals surface area contributed by atoms with E-state index in [0.29, 0.717) is 5.75 Å². The summed E-state index contributed by atoms with van der Waals surface area (Å²) in [5.74, 6) is 0.330. The van der Waals surface area contributed by atoms with E-state index in [4.69, 9.17) is 0 Å². The number of rotatable bonds is 4. The minimum absolute atomic E-state index is 0.330. The molecule has 0 amide bonds. The fourth-order valence-electron chi connectivity index (χ4n) is 3.45. The number of phenolic OH excluding ortho intramolecular Hbond substituents is 1. The van der Waals surface area contributed by atoms with Crippen molar-refractivity contribution in [2.24, 2.45) is 0 Å². The summed E-state index contributed by atoms with van der Waals surface area (Å²) >= 11 is 0. The molecule has 3 heterocycles. The van der Waals surface area contributed by atoms with E-state index in [1.807, 2.05) is 18.3 Å². The van der Waals surface area contributed by atoms with Crippen LogP contribution in [-0.2, 0) is 13.1 Å². The molecule has 5 nitrogen and oxygen atoms in total. The van der Waals surface area contributed by atoms with Gasteiger partial charge >= 0.3 is 0 Å². The van der Waals surface area contributed by atoms with Gasteiger partial charge < -0.3 is 9.51 Å². The predicted molar refractivity (Wildman–Crippen MR) is 98.6 cm³/mol. The van der Waals surface area contributed by atoms with Crippen LogP contribution in [0.3, 0.4) is 0 Å². The van der Waals surface area contributed by atoms with Gasteiger partial charge in [-0.1, -0.05) is 12.1 Å². The average molecular weight is 336 g/mol. The molecule has 5 heteroatoms. The van der Waals surface area contributed by atoms with Crippen LogP contribution >= 0.6 is 0 Å². The number of pyridine rings is 1. The third kappa shape index (κ3) is 3.67. The number of fused-ring (bicyclic) bond motifs is 1. The molecule has 0 aliphatic carbocycles. The molecule has 1 fully saturated rings. The standard InChI is InChI=1S/C20H24N4O/c1-16-6-7-24-18(13-21-20(24)12-16)15-23-10-8-22(9-11-23)14-17-2-4-19(25)5-3-17/h2-7,12-13,25H,8-11,14-15H2,1H3. The molecule has 2 aromatic heterocycles. The van der Waals surface area contributed by atoms with Crippen molar-refractivity contribution in [3.63, 3.8) is 0 Å². The Morgan fingerprint density at radius 2 is 1.64 bits per heavy atom. The summed E-state index contributed by atoms with van der Waals surface area (Å²) < 4.78 is 2.19. The SMILES string of the molecule is Cc1ccn2c(CN3CCN(Cc4ccc(O)cc4)CC3)cnc2c1. The van der Waals surface area contributed by atoms with Gasteiger partial charge in [0.05, 0.1) is 11.9 Å². The molecule has 1 N–H and O–H groups in total.